The minimum Gasteiger partial charge on any atom is -0.466 e. The number of ether oxygens (including phenoxy) is 1. The normalized spacial score (nSPS) is 12.8. The summed E-state index contributed by atoms with van der Waals surface area (Å²) in [5.74, 6) is -0.0630. The summed E-state index contributed by atoms with van der Waals surface area (Å²) in [5.41, 5.74) is 0. The number of allylic oxidation sites excluding steroid dienone is 5. The minimum atomic E-state index is -0.843. The molecule has 0 saturated carbocycles. The summed E-state index contributed by atoms with van der Waals surface area (Å²) in [4.78, 5) is 24.5. The summed E-state index contributed by atoms with van der Waals surface area (Å²) in [6.07, 6.45) is 76.2. The van der Waals surface area contributed by atoms with E-state index < -0.39 is 12.1 Å². The van der Waals surface area contributed by atoms with Gasteiger partial charge in [-0.3, -0.25) is 9.59 Å². The standard InChI is InChI=1S/C65H123NO5/c1-3-5-7-9-11-13-15-17-30-34-37-41-45-49-53-57-63(68)62(61-67)66-64(69)58-54-50-46-42-38-35-31-28-26-24-22-20-18-19-21-23-25-27-29-32-36-40-44-48-52-56-60-71-65(70)59-55-51-47-43-39-33-16-14-12-10-8-6-4-2/h8,10,14,16,53,57,62-63,67-68H,3-7,9,11-13,15,17-52,54-56,58-61H2,1-2H3,(H,66,69)/b10-8-,16-14-,57-53+. The van der Waals surface area contributed by atoms with Gasteiger partial charge in [-0.05, 0) is 57.8 Å². The first kappa shape index (κ1) is 69.1. The molecule has 0 bridgehead atoms. The van der Waals surface area contributed by atoms with Crippen LogP contribution in [0.1, 0.15) is 341 Å². The molecule has 0 aromatic carbocycles. The molecule has 0 rings (SSSR count). The molecule has 0 aliphatic heterocycles. The minimum absolute atomic E-state index is 0.00144. The molecule has 0 radical (unpaired) electrons. The Morgan fingerprint density at radius 3 is 1.13 bits per heavy atom. The molecule has 418 valence electrons. The molecule has 0 saturated heterocycles. The van der Waals surface area contributed by atoms with Gasteiger partial charge < -0.3 is 20.3 Å². The van der Waals surface area contributed by atoms with Crippen molar-refractivity contribution in [2.24, 2.45) is 0 Å². The van der Waals surface area contributed by atoms with Crippen molar-refractivity contribution < 1.29 is 24.5 Å². The van der Waals surface area contributed by atoms with Crippen molar-refractivity contribution in [3.63, 3.8) is 0 Å². The maximum Gasteiger partial charge on any atom is 0.305 e. The van der Waals surface area contributed by atoms with Gasteiger partial charge in [-0.2, -0.15) is 0 Å². The first-order chi connectivity index (χ1) is 35.0. The Labute approximate surface area is 443 Å². The second-order valence-electron chi connectivity index (χ2n) is 21.7. The molecule has 6 heteroatoms. The van der Waals surface area contributed by atoms with Crippen molar-refractivity contribution in [1.29, 1.82) is 0 Å². The van der Waals surface area contributed by atoms with E-state index in [-0.39, 0.29) is 18.5 Å². The monoisotopic (exact) mass is 998 g/mol. The summed E-state index contributed by atoms with van der Waals surface area (Å²) in [7, 11) is 0. The van der Waals surface area contributed by atoms with Gasteiger partial charge >= 0.3 is 5.97 Å². The van der Waals surface area contributed by atoms with Crippen LogP contribution in [0.25, 0.3) is 0 Å². The van der Waals surface area contributed by atoms with E-state index in [4.69, 9.17) is 4.74 Å². The van der Waals surface area contributed by atoms with Crippen molar-refractivity contribution in [2.45, 2.75) is 353 Å². The lowest BCUT2D eigenvalue weighted by Gasteiger charge is -2.20. The van der Waals surface area contributed by atoms with Crippen molar-refractivity contribution in [1.82, 2.24) is 5.32 Å². The fraction of sp³-hybridized carbons (Fsp3) is 0.877. The van der Waals surface area contributed by atoms with Crippen LogP contribution in [-0.2, 0) is 14.3 Å². The second-order valence-corrected chi connectivity index (χ2v) is 21.7. The third kappa shape index (κ3) is 57.2. The van der Waals surface area contributed by atoms with Gasteiger partial charge in [0.1, 0.15) is 0 Å². The highest BCUT2D eigenvalue weighted by Gasteiger charge is 2.18. The molecule has 0 aromatic rings. The summed E-state index contributed by atoms with van der Waals surface area (Å²) < 4.78 is 5.47. The van der Waals surface area contributed by atoms with E-state index in [1.807, 2.05) is 6.08 Å². The lowest BCUT2D eigenvalue weighted by atomic mass is 10.0. The smallest absolute Gasteiger partial charge is 0.305 e. The van der Waals surface area contributed by atoms with Crippen LogP contribution in [0.15, 0.2) is 36.5 Å². The Bertz CT molecular complexity index is 1150. The molecular weight excluding hydrogens is 875 g/mol. The summed E-state index contributed by atoms with van der Waals surface area (Å²) in [5, 5.41) is 23.1. The molecule has 0 spiro atoms. The summed E-state index contributed by atoms with van der Waals surface area (Å²) >= 11 is 0. The number of aliphatic hydroxyl groups is 2. The van der Waals surface area contributed by atoms with E-state index in [0.717, 1.165) is 51.4 Å². The number of esters is 1. The highest BCUT2D eigenvalue weighted by molar-refractivity contribution is 5.76. The fourth-order valence-corrected chi connectivity index (χ4v) is 9.79. The number of carbonyl (C=O) groups is 2. The molecule has 0 heterocycles. The zero-order chi connectivity index (χ0) is 51.4. The predicted molar refractivity (Wildman–Crippen MR) is 310 cm³/mol. The number of nitrogens with one attached hydrogen (secondary N) is 1. The SMILES string of the molecule is CCC/C=C\C/C=C\CCCCCCCC(=O)OCCCCCCCCCCCCCCCCCCCCCCCCCCCCC(=O)NC(CO)C(O)/C=C/CCCCCCCCCCCCCCC. The Morgan fingerprint density at radius 1 is 0.394 bits per heavy atom. The molecule has 71 heavy (non-hydrogen) atoms. The summed E-state index contributed by atoms with van der Waals surface area (Å²) in [6.45, 7) is 4.85. The van der Waals surface area contributed by atoms with E-state index >= 15 is 0 Å². The average molecular weight is 999 g/mol. The quantitative estimate of drug-likeness (QED) is 0.0321. The van der Waals surface area contributed by atoms with E-state index in [1.54, 1.807) is 6.08 Å². The lowest BCUT2D eigenvalue weighted by Crippen LogP contribution is -2.45. The molecule has 1 amide bonds. The van der Waals surface area contributed by atoms with Crippen LogP contribution in [-0.4, -0.2) is 47.4 Å². The van der Waals surface area contributed by atoms with Gasteiger partial charge in [-0.1, -0.05) is 307 Å². The van der Waals surface area contributed by atoms with E-state index in [0.29, 0.717) is 19.4 Å². The molecular formula is C65H123NO5. The Kier molecular flexibility index (Phi) is 59.0. The molecule has 3 N–H and O–H groups in total. The second kappa shape index (κ2) is 60.6. The number of rotatable bonds is 59. The largest absolute Gasteiger partial charge is 0.466 e. The number of aliphatic hydroxyl groups excluding tert-OH is 2. The molecule has 2 atom stereocenters. The van der Waals surface area contributed by atoms with Crippen LogP contribution >= 0.6 is 0 Å². The highest BCUT2D eigenvalue weighted by Crippen LogP contribution is 2.18. The van der Waals surface area contributed by atoms with Gasteiger partial charge in [0, 0.05) is 12.8 Å². The van der Waals surface area contributed by atoms with Gasteiger partial charge in [-0.25, -0.2) is 0 Å². The summed E-state index contributed by atoms with van der Waals surface area (Å²) in [6, 6.07) is -0.626. The van der Waals surface area contributed by atoms with Crippen LogP contribution in [0.2, 0.25) is 0 Å². The highest BCUT2D eigenvalue weighted by atomic mass is 16.5. The average Bonchev–Trinajstić information content (AvgIpc) is 3.37. The third-order valence-electron chi connectivity index (χ3n) is 14.6. The van der Waals surface area contributed by atoms with E-state index in [1.165, 1.54) is 263 Å². The van der Waals surface area contributed by atoms with E-state index in [2.05, 4.69) is 43.5 Å². The third-order valence-corrected chi connectivity index (χ3v) is 14.6. The van der Waals surface area contributed by atoms with E-state index in [9.17, 15) is 19.8 Å². The molecule has 0 aliphatic rings. The first-order valence-electron chi connectivity index (χ1n) is 31.8. The molecule has 0 fully saturated rings. The Hall–Kier alpha value is -1.92. The van der Waals surface area contributed by atoms with Gasteiger partial charge in [0.15, 0.2) is 0 Å². The molecule has 0 aromatic heterocycles. The van der Waals surface area contributed by atoms with Crippen LogP contribution < -0.4 is 5.32 Å². The van der Waals surface area contributed by atoms with Crippen molar-refractivity contribution >= 4 is 11.9 Å². The zero-order valence-corrected chi connectivity index (χ0v) is 47.7. The number of hydrogen-bond donors (Lipinski definition) is 3. The van der Waals surface area contributed by atoms with Gasteiger partial charge in [0.2, 0.25) is 5.91 Å². The number of unbranched alkanes of at least 4 members (excludes halogenated alkanes) is 44. The Balaban J connectivity index is 3.38. The van der Waals surface area contributed by atoms with Crippen molar-refractivity contribution in [3.05, 3.63) is 36.5 Å². The van der Waals surface area contributed by atoms with Crippen molar-refractivity contribution in [3.8, 4) is 0 Å². The fourth-order valence-electron chi connectivity index (χ4n) is 9.79. The molecule has 0 aliphatic carbocycles. The zero-order valence-electron chi connectivity index (χ0n) is 47.7. The predicted octanol–water partition coefficient (Wildman–Crippen LogP) is 20.0. The van der Waals surface area contributed by atoms with Crippen LogP contribution in [0.5, 0.6) is 0 Å². The lowest BCUT2D eigenvalue weighted by molar-refractivity contribution is -0.143. The maximum absolute atomic E-state index is 12.5. The van der Waals surface area contributed by atoms with Crippen molar-refractivity contribution in [2.75, 3.05) is 13.2 Å². The molecule has 2 unspecified atom stereocenters. The van der Waals surface area contributed by atoms with Gasteiger partial charge in [-0.15, -0.1) is 0 Å². The number of amides is 1. The van der Waals surface area contributed by atoms with Crippen LogP contribution in [0.3, 0.4) is 0 Å². The van der Waals surface area contributed by atoms with Gasteiger partial charge in [0.05, 0.1) is 25.4 Å². The maximum atomic E-state index is 12.5. The van der Waals surface area contributed by atoms with Crippen LogP contribution in [0.4, 0.5) is 0 Å². The first-order valence-corrected chi connectivity index (χ1v) is 31.8. The molecule has 6 nitrogen and oxygen atoms in total. The van der Waals surface area contributed by atoms with Crippen LogP contribution in [0, 0.1) is 0 Å². The number of carbonyl (C=O) groups excluding carboxylic acids is 2. The topological polar surface area (TPSA) is 95.9 Å². The van der Waals surface area contributed by atoms with Gasteiger partial charge in [0.25, 0.3) is 0 Å². The number of hydrogen-bond acceptors (Lipinski definition) is 5. The Morgan fingerprint density at radius 2 is 0.732 bits per heavy atom.